The molecule has 0 bridgehead atoms. The minimum atomic E-state index is -5.14. The molecule has 1 heterocycles. The van der Waals surface area contributed by atoms with Crippen molar-refractivity contribution in [3.8, 4) is 5.75 Å². The van der Waals surface area contributed by atoms with E-state index in [0.717, 1.165) is 0 Å². The molecule has 0 fully saturated rings. The second-order valence-corrected chi connectivity index (χ2v) is 2.97. The zero-order chi connectivity index (χ0) is 12.5. The predicted octanol–water partition coefficient (Wildman–Crippen LogP) is 3.15. The van der Waals surface area contributed by atoms with Gasteiger partial charge in [0.05, 0.1) is 5.56 Å². The van der Waals surface area contributed by atoms with E-state index in [1.54, 1.807) is 0 Å². The van der Waals surface area contributed by atoms with Crippen LogP contribution in [0.5, 0.6) is 5.75 Å². The quantitative estimate of drug-likeness (QED) is 0.833. The molecule has 1 rings (SSSR count). The van der Waals surface area contributed by atoms with E-state index in [-0.39, 0.29) is 0 Å². The SMILES string of the molecule is Nc1ncc(C(F)F)c(OC(F)(F)F)c1Cl. The van der Waals surface area contributed by atoms with Crippen molar-refractivity contribution in [1.29, 1.82) is 0 Å². The highest BCUT2D eigenvalue weighted by Gasteiger charge is 2.35. The van der Waals surface area contributed by atoms with Gasteiger partial charge in [-0.2, -0.15) is 0 Å². The van der Waals surface area contributed by atoms with Crippen LogP contribution in [-0.2, 0) is 0 Å². The summed E-state index contributed by atoms with van der Waals surface area (Å²) in [6.45, 7) is 0. The molecule has 0 saturated carbocycles. The van der Waals surface area contributed by atoms with Gasteiger partial charge < -0.3 is 10.5 Å². The highest BCUT2D eigenvalue weighted by molar-refractivity contribution is 6.34. The van der Waals surface area contributed by atoms with Crippen molar-refractivity contribution in [3.05, 3.63) is 16.8 Å². The number of anilines is 1. The number of hydrogen-bond acceptors (Lipinski definition) is 3. The lowest BCUT2D eigenvalue weighted by atomic mass is 10.2. The summed E-state index contributed by atoms with van der Waals surface area (Å²) in [7, 11) is 0. The third-order valence-electron chi connectivity index (χ3n) is 1.48. The molecule has 0 spiro atoms. The molecule has 0 aliphatic rings. The predicted molar refractivity (Wildman–Crippen MR) is 45.3 cm³/mol. The second kappa shape index (κ2) is 4.28. The highest BCUT2D eigenvalue weighted by Crippen LogP contribution is 2.40. The molecular weight excluding hydrogens is 259 g/mol. The van der Waals surface area contributed by atoms with Gasteiger partial charge in [-0.05, 0) is 0 Å². The van der Waals surface area contributed by atoms with Crippen molar-refractivity contribution < 1.29 is 26.7 Å². The molecule has 1 aromatic rings. The number of hydrogen-bond donors (Lipinski definition) is 1. The maximum absolute atomic E-state index is 12.3. The van der Waals surface area contributed by atoms with Gasteiger partial charge in [-0.3, -0.25) is 0 Å². The van der Waals surface area contributed by atoms with Crippen LogP contribution in [0, 0.1) is 0 Å². The summed E-state index contributed by atoms with van der Waals surface area (Å²) in [4.78, 5) is 3.21. The first-order valence-electron chi connectivity index (χ1n) is 3.70. The van der Waals surface area contributed by atoms with Gasteiger partial charge >= 0.3 is 6.36 Å². The molecule has 0 radical (unpaired) electrons. The number of nitrogens with zero attached hydrogens (tertiary/aromatic N) is 1. The summed E-state index contributed by atoms with van der Waals surface area (Å²) < 4.78 is 63.8. The summed E-state index contributed by atoms with van der Waals surface area (Å²) in [5.41, 5.74) is 4.00. The fourth-order valence-electron chi connectivity index (χ4n) is 0.872. The maximum atomic E-state index is 12.3. The third kappa shape index (κ3) is 2.84. The van der Waals surface area contributed by atoms with E-state index < -0.39 is 34.9 Å². The molecule has 0 aromatic carbocycles. The third-order valence-corrected chi connectivity index (χ3v) is 1.85. The largest absolute Gasteiger partial charge is 0.573 e. The normalized spacial score (nSPS) is 11.9. The van der Waals surface area contributed by atoms with Crippen LogP contribution >= 0.6 is 11.6 Å². The molecule has 90 valence electrons. The Morgan fingerprint density at radius 1 is 1.38 bits per heavy atom. The van der Waals surface area contributed by atoms with E-state index in [1.807, 2.05) is 0 Å². The van der Waals surface area contributed by atoms with Gasteiger partial charge in [0.2, 0.25) is 0 Å². The van der Waals surface area contributed by atoms with E-state index in [0.29, 0.717) is 6.20 Å². The van der Waals surface area contributed by atoms with E-state index in [1.165, 1.54) is 0 Å². The van der Waals surface area contributed by atoms with Gasteiger partial charge in [0.1, 0.15) is 10.8 Å². The Morgan fingerprint density at radius 3 is 2.38 bits per heavy atom. The maximum Gasteiger partial charge on any atom is 0.573 e. The molecule has 0 amide bonds. The average Bonchev–Trinajstić information content (AvgIpc) is 2.10. The molecule has 0 atom stereocenters. The van der Waals surface area contributed by atoms with Gasteiger partial charge in [-0.1, -0.05) is 11.6 Å². The Bertz CT molecular complexity index is 395. The van der Waals surface area contributed by atoms with Crippen molar-refractivity contribution in [2.45, 2.75) is 12.8 Å². The van der Waals surface area contributed by atoms with Crippen molar-refractivity contribution in [1.82, 2.24) is 4.98 Å². The van der Waals surface area contributed by atoms with Gasteiger partial charge in [0.25, 0.3) is 6.43 Å². The molecule has 2 N–H and O–H groups in total. The zero-order valence-electron chi connectivity index (χ0n) is 7.36. The number of pyridine rings is 1. The Labute approximate surface area is 91.0 Å². The van der Waals surface area contributed by atoms with Crippen LogP contribution in [-0.4, -0.2) is 11.3 Å². The fraction of sp³-hybridized carbons (Fsp3) is 0.286. The zero-order valence-corrected chi connectivity index (χ0v) is 8.11. The first kappa shape index (κ1) is 12.8. The van der Waals surface area contributed by atoms with Crippen molar-refractivity contribution in [3.63, 3.8) is 0 Å². The van der Waals surface area contributed by atoms with Gasteiger partial charge in [0.15, 0.2) is 5.75 Å². The summed E-state index contributed by atoms with van der Waals surface area (Å²) in [5, 5.41) is -0.796. The smallest absolute Gasteiger partial charge is 0.403 e. The molecule has 0 aliphatic heterocycles. The average molecular weight is 263 g/mol. The molecule has 0 unspecified atom stereocenters. The Kier molecular flexibility index (Phi) is 3.41. The lowest BCUT2D eigenvalue weighted by molar-refractivity contribution is -0.275. The van der Waals surface area contributed by atoms with Crippen molar-refractivity contribution in [2.75, 3.05) is 5.73 Å². The van der Waals surface area contributed by atoms with Crippen LogP contribution in [0.1, 0.15) is 12.0 Å². The minimum Gasteiger partial charge on any atom is -0.403 e. The molecule has 16 heavy (non-hydrogen) atoms. The van der Waals surface area contributed by atoms with E-state index in [9.17, 15) is 22.0 Å². The number of alkyl halides is 5. The Balaban J connectivity index is 3.26. The van der Waals surface area contributed by atoms with Gasteiger partial charge in [-0.15, -0.1) is 13.2 Å². The molecule has 9 heteroatoms. The topological polar surface area (TPSA) is 48.1 Å². The number of nitrogen functional groups attached to an aromatic ring is 1. The van der Waals surface area contributed by atoms with Crippen LogP contribution in [0.25, 0.3) is 0 Å². The number of aromatic nitrogens is 1. The Morgan fingerprint density at radius 2 is 1.94 bits per heavy atom. The summed E-state index contributed by atoms with van der Waals surface area (Å²) >= 11 is 5.30. The van der Waals surface area contributed by atoms with Crippen LogP contribution in [0.3, 0.4) is 0 Å². The fourth-order valence-corrected chi connectivity index (χ4v) is 1.07. The number of rotatable bonds is 2. The standard InChI is InChI=1S/C7H4ClF5N2O/c8-3-4(16-7(11,12)13)2(5(9)10)1-15-6(3)14/h1,5H,(H2,14,15). The van der Waals surface area contributed by atoms with E-state index >= 15 is 0 Å². The van der Waals surface area contributed by atoms with Crippen molar-refractivity contribution in [2.24, 2.45) is 0 Å². The molecule has 0 saturated heterocycles. The Hall–Kier alpha value is -1.31. The highest BCUT2D eigenvalue weighted by atomic mass is 35.5. The van der Waals surface area contributed by atoms with Crippen molar-refractivity contribution >= 4 is 17.4 Å². The van der Waals surface area contributed by atoms with Crippen LogP contribution in [0.15, 0.2) is 6.20 Å². The van der Waals surface area contributed by atoms with Gasteiger partial charge in [0, 0.05) is 6.20 Å². The van der Waals surface area contributed by atoms with Crippen LogP contribution in [0.4, 0.5) is 27.8 Å². The molecular formula is C7H4ClF5N2O. The van der Waals surface area contributed by atoms with E-state index in [2.05, 4.69) is 9.72 Å². The lowest BCUT2D eigenvalue weighted by Gasteiger charge is -2.14. The lowest BCUT2D eigenvalue weighted by Crippen LogP contribution is -2.19. The first-order chi connectivity index (χ1) is 7.22. The molecule has 0 aliphatic carbocycles. The minimum absolute atomic E-state index is 0.479. The van der Waals surface area contributed by atoms with Gasteiger partial charge in [-0.25, -0.2) is 13.8 Å². The summed E-state index contributed by atoms with van der Waals surface area (Å²) in [6.07, 6.45) is -7.86. The van der Waals surface area contributed by atoms with Crippen LogP contribution in [0.2, 0.25) is 5.02 Å². The number of halogens is 6. The van der Waals surface area contributed by atoms with Crippen LogP contribution < -0.4 is 10.5 Å². The monoisotopic (exact) mass is 262 g/mol. The number of ether oxygens (including phenoxy) is 1. The summed E-state index contributed by atoms with van der Waals surface area (Å²) in [6, 6.07) is 0. The molecule has 3 nitrogen and oxygen atoms in total. The summed E-state index contributed by atoms with van der Waals surface area (Å²) in [5.74, 6) is -1.75. The first-order valence-corrected chi connectivity index (χ1v) is 4.08. The second-order valence-electron chi connectivity index (χ2n) is 2.59. The number of nitrogens with two attached hydrogens (primary N) is 1. The molecule has 1 aromatic heterocycles. The van der Waals surface area contributed by atoms with E-state index in [4.69, 9.17) is 17.3 Å².